The maximum absolute atomic E-state index is 9.91. The van der Waals surface area contributed by atoms with E-state index in [1.165, 1.54) is 0 Å². The van der Waals surface area contributed by atoms with Crippen LogP contribution in [0.4, 0.5) is 0 Å². The minimum Gasteiger partial charge on any atom is -0.324 e. The maximum Gasteiger partial charge on any atom is 0.325 e. The van der Waals surface area contributed by atoms with Crippen LogP contribution in [0.1, 0.15) is 0 Å². The Balaban J connectivity index is -0.0000000600. The van der Waals surface area contributed by atoms with Gasteiger partial charge in [-0.15, -0.1) is 9.24 Å². The molecule has 1 atom stereocenters. The summed E-state index contributed by atoms with van der Waals surface area (Å²) in [5.74, 6) is 0. The van der Waals surface area contributed by atoms with E-state index in [0.717, 1.165) is 0 Å². The molecule has 0 aliphatic heterocycles. The molecule has 0 aromatic rings. The first-order chi connectivity index (χ1) is 3.06. The van der Waals surface area contributed by atoms with Crippen LogP contribution in [0.2, 0.25) is 0 Å². The van der Waals surface area contributed by atoms with Gasteiger partial charge in [0.05, 0.1) is 6.16 Å². The Bertz CT molecular complexity index is 93.7. The molecule has 8 heteroatoms. The maximum atomic E-state index is 9.91. The summed E-state index contributed by atoms with van der Waals surface area (Å²) in [4.78, 5) is 16.2. The fourth-order valence-corrected chi connectivity index (χ4v) is 1.51. The minimum atomic E-state index is -3.69. The first-order valence-electron chi connectivity index (χ1n) is 1.81. The van der Waals surface area contributed by atoms with Crippen molar-refractivity contribution in [3.05, 3.63) is 0 Å². The SMILES string of the molecule is O=P(O)(O)CCP.[Na].[Na].[Na]. The van der Waals surface area contributed by atoms with Gasteiger partial charge in [-0.3, -0.25) is 4.57 Å². The largest absolute Gasteiger partial charge is 0.325 e. The van der Waals surface area contributed by atoms with E-state index in [2.05, 4.69) is 9.24 Å². The van der Waals surface area contributed by atoms with Gasteiger partial charge >= 0.3 is 7.60 Å². The van der Waals surface area contributed by atoms with Crippen molar-refractivity contribution in [1.29, 1.82) is 0 Å². The molecule has 0 saturated carbocycles. The van der Waals surface area contributed by atoms with Gasteiger partial charge in [-0.2, -0.15) is 0 Å². The molecule has 0 aliphatic rings. The second kappa shape index (κ2) is 12.6. The third kappa shape index (κ3) is 22.6. The minimum absolute atomic E-state index is 0. The van der Waals surface area contributed by atoms with E-state index in [0.29, 0.717) is 6.16 Å². The molecule has 0 rings (SSSR count). The van der Waals surface area contributed by atoms with Crippen molar-refractivity contribution in [3.63, 3.8) is 0 Å². The van der Waals surface area contributed by atoms with Crippen LogP contribution in [0.15, 0.2) is 0 Å². The van der Waals surface area contributed by atoms with Crippen LogP contribution in [0.3, 0.4) is 0 Å². The fraction of sp³-hybridized carbons (Fsp3) is 1.00. The molecule has 0 spiro atoms. The second-order valence-corrected chi connectivity index (χ2v) is 3.53. The molecule has 3 radical (unpaired) electrons. The first kappa shape index (κ1) is 23.4. The molecule has 0 aromatic heterocycles. The van der Waals surface area contributed by atoms with E-state index in [-0.39, 0.29) is 94.8 Å². The quantitative estimate of drug-likeness (QED) is 0.450. The van der Waals surface area contributed by atoms with Crippen molar-refractivity contribution >= 4 is 106 Å². The van der Waals surface area contributed by atoms with Gasteiger partial charge in [-0.25, -0.2) is 0 Å². The van der Waals surface area contributed by atoms with Crippen LogP contribution >= 0.6 is 16.8 Å². The Kier molecular flexibility index (Phi) is 29.5. The van der Waals surface area contributed by atoms with E-state index in [4.69, 9.17) is 9.79 Å². The van der Waals surface area contributed by atoms with Crippen molar-refractivity contribution in [2.45, 2.75) is 0 Å². The molecule has 0 heterocycles. The standard InChI is InChI=1S/C2H8O3P2.3Na/c3-7(4,5)2-1-6;;;/h1-2,6H2,(H2,3,4,5);;;. The second-order valence-electron chi connectivity index (χ2n) is 1.18. The van der Waals surface area contributed by atoms with Crippen molar-refractivity contribution in [3.8, 4) is 0 Å². The van der Waals surface area contributed by atoms with E-state index in [1.807, 2.05) is 0 Å². The van der Waals surface area contributed by atoms with Crippen LogP contribution in [0, 0.1) is 0 Å². The zero-order chi connectivity index (χ0) is 5.91. The van der Waals surface area contributed by atoms with Crippen LogP contribution in [0.25, 0.3) is 0 Å². The average Bonchev–Trinajstić information content (AvgIpc) is 1.30. The molecule has 3 nitrogen and oxygen atoms in total. The molecule has 0 fully saturated rings. The molecule has 1 unspecified atom stereocenters. The molecule has 10 heavy (non-hydrogen) atoms. The summed E-state index contributed by atoms with van der Waals surface area (Å²) in [5.41, 5.74) is 0. The van der Waals surface area contributed by atoms with Gasteiger partial charge < -0.3 is 9.79 Å². The van der Waals surface area contributed by atoms with Crippen LogP contribution in [-0.2, 0) is 4.57 Å². The first-order valence-corrected chi connectivity index (χ1v) is 4.42. The zero-order valence-electron chi connectivity index (χ0n) is 6.74. The monoisotopic (exact) mass is 211 g/mol. The van der Waals surface area contributed by atoms with Crippen molar-refractivity contribution in [1.82, 2.24) is 0 Å². The third-order valence-corrected chi connectivity index (χ3v) is 2.04. The van der Waals surface area contributed by atoms with E-state index < -0.39 is 7.60 Å². The topological polar surface area (TPSA) is 57.5 Å². The fourth-order valence-electron chi connectivity index (χ4n) is 0.168. The van der Waals surface area contributed by atoms with Gasteiger partial charge in [-0.1, -0.05) is 0 Å². The Morgan fingerprint density at radius 3 is 1.50 bits per heavy atom. The van der Waals surface area contributed by atoms with Gasteiger partial charge in [0.2, 0.25) is 0 Å². The molecule has 0 saturated heterocycles. The molecule has 47 valence electrons. The molecular formula is C2H8Na3O3P2. The smallest absolute Gasteiger partial charge is 0.324 e. The number of hydrogen-bond donors (Lipinski definition) is 2. The van der Waals surface area contributed by atoms with Gasteiger partial charge in [-0.05, 0) is 6.16 Å². The van der Waals surface area contributed by atoms with Crippen LogP contribution < -0.4 is 0 Å². The summed E-state index contributed by atoms with van der Waals surface area (Å²) < 4.78 is 9.91. The number of rotatable bonds is 2. The summed E-state index contributed by atoms with van der Waals surface area (Å²) in [6.45, 7) is 0. The molecular weight excluding hydrogens is 203 g/mol. The normalized spacial score (nSPS) is 8.30. The summed E-state index contributed by atoms with van der Waals surface area (Å²) in [5, 5.41) is 0. The average molecular weight is 211 g/mol. The molecule has 0 amide bonds. The summed E-state index contributed by atoms with van der Waals surface area (Å²) >= 11 is 0. The van der Waals surface area contributed by atoms with Gasteiger partial charge in [0.25, 0.3) is 0 Å². The molecule has 0 aliphatic carbocycles. The number of hydrogen-bond acceptors (Lipinski definition) is 1. The predicted octanol–water partition coefficient (Wildman–Crippen LogP) is -1.10. The molecule has 0 bridgehead atoms. The Morgan fingerprint density at radius 2 is 1.50 bits per heavy atom. The van der Waals surface area contributed by atoms with Crippen molar-refractivity contribution < 1.29 is 14.4 Å². The van der Waals surface area contributed by atoms with Crippen LogP contribution in [0.5, 0.6) is 0 Å². The van der Waals surface area contributed by atoms with Crippen LogP contribution in [-0.4, -0.2) is 111 Å². The van der Waals surface area contributed by atoms with Gasteiger partial charge in [0.1, 0.15) is 0 Å². The Hall–Kier alpha value is 3.58. The third-order valence-electron chi connectivity index (χ3n) is 0.420. The van der Waals surface area contributed by atoms with Crippen molar-refractivity contribution in [2.24, 2.45) is 0 Å². The predicted molar refractivity (Wildman–Crippen MR) is 48.8 cm³/mol. The summed E-state index contributed by atoms with van der Waals surface area (Å²) in [6.07, 6.45) is 0.432. The Labute approximate surface area is 130 Å². The van der Waals surface area contributed by atoms with Crippen molar-refractivity contribution in [2.75, 3.05) is 12.3 Å². The summed E-state index contributed by atoms with van der Waals surface area (Å²) in [7, 11) is -1.44. The van der Waals surface area contributed by atoms with Gasteiger partial charge in [0, 0.05) is 88.7 Å². The van der Waals surface area contributed by atoms with E-state index in [9.17, 15) is 4.57 Å². The zero-order valence-corrected chi connectivity index (χ0v) is 14.8. The summed E-state index contributed by atoms with van der Waals surface area (Å²) in [6, 6.07) is 0. The Morgan fingerprint density at radius 1 is 1.20 bits per heavy atom. The van der Waals surface area contributed by atoms with E-state index >= 15 is 0 Å². The molecule has 2 N–H and O–H groups in total. The van der Waals surface area contributed by atoms with E-state index in [1.54, 1.807) is 0 Å². The molecule has 0 aromatic carbocycles. The van der Waals surface area contributed by atoms with Gasteiger partial charge in [0.15, 0.2) is 0 Å².